The Labute approximate surface area is 108 Å². The molecular formula is C11H13BrOS2. The minimum atomic E-state index is -0.122. The van der Waals surface area contributed by atoms with Crippen LogP contribution in [0.4, 0.5) is 0 Å². The van der Waals surface area contributed by atoms with Crippen molar-refractivity contribution in [3.05, 3.63) is 23.8 Å². The summed E-state index contributed by atoms with van der Waals surface area (Å²) in [5.41, 5.74) is 0.810. The Balaban J connectivity index is 3.13. The van der Waals surface area contributed by atoms with Gasteiger partial charge in [-0.25, -0.2) is 0 Å². The number of hydrogen-bond donors (Lipinski definition) is 0. The lowest BCUT2D eigenvalue weighted by Crippen LogP contribution is -2.11. The van der Waals surface area contributed by atoms with Crippen LogP contribution in [0.1, 0.15) is 17.3 Å². The molecule has 0 fully saturated rings. The molecule has 0 saturated heterocycles. The van der Waals surface area contributed by atoms with E-state index in [2.05, 4.69) is 22.0 Å². The molecule has 1 atom stereocenters. The van der Waals surface area contributed by atoms with Gasteiger partial charge in [0.2, 0.25) is 0 Å². The number of carbonyl (C=O) groups excluding carboxylic acids is 1. The predicted molar refractivity (Wildman–Crippen MR) is 72.7 cm³/mol. The van der Waals surface area contributed by atoms with Crippen molar-refractivity contribution in [1.29, 1.82) is 0 Å². The smallest absolute Gasteiger partial charge is 0.177 e. The molecule has 1 aromatic carbocycles. The number of carbonyl (C=O) groups is 1. The lowest BCUT2D eigenvalue weighted by atomic mass is 10.1. The lowest BCUT2D eigenvalue weighted by Gasteiger charge is -2.09. The van der Waals surface area contributed by atoms with Gasteiger partial charge in [0.25, 0.3) is 0 Å². The highest BCUT2D eigenvalue weighted by molar-refractivity contribution is 9.10. The van der Waals surface area contributed by atoms with Gasteiger partial charge in [-0.15, -0.1) is 23.5 Å². The Morgan fingerprint density at radius 3 is 2.47 bits per heavy atom. The molecule has 0 aliphatic carbocycles. The van der Waals surface area contributed by atoms with Crippen LogP contribution in [0.25, 0.3) is 0 Å². The second-order valence-electron chi connectivity index (χ2n) is 3.05. The molecule has 0 N–H and O–H groups in total. The van der Waals surface area contributed by atoms with Crippen molar-refractivity contribution in [2.75, 3.05) is 12.5 Å². The first-order chi connectivity index (χ1) is 7.10. The van der Waals surface area contributed by atoms with Gasteiger partial charge in [-0.2, -0.15) is 0 Å². The zero-order valence-electron chi connectivity index (χ0n) is 8.91. The molecule has 1 aromatic rings. The van der Waals surface area contributed by atoms with Crippen LogP contribution in [0.15, 0.2) is 28.0 Å². The summed E-state index contributed by atoms with van der Waals surface area (Å²) in [5, 5.41) is 0. The van der Waals surface area contributed by atoms with Crippen molar-refractivity contribution in [2.45, 2.75) is 21.5 Å². The number of halogens is 1. The van der Waals surface area contributed by atoms with Crippen molar-refractivity contribution < 1.29 is 4.79 Å². The molecule has 82 valence electrons. The molecule has 0 aliphatic heterocycles. The van der Waals surface area contributed by atoms with Gasteiger partial charge >= 0.3 is 0 Å². The topological polar surface area (TPSA) is 17.1 Å². The summed E-state index contributed by atoms with van der Waals surface area (Å²) in [6.07, 6.45) is 4.03. The first kappa shape index (κ1) is 13.1. The van der Waals surface area contributed by atoms with E-state index in [1.807, 2.05) is 31.6 Å². The Kier molecular flexibility index (Phi) is 5.23. The van der Waals surface area contributed by atoms with Gasteiger partial charge in [-0.1, -0.05) is 15.9 Å². The van der Waals surface area contributed by atoms with Gasteiger partial charge in [0.15, 0.2) is 5.78 Å². The number of alkyl halides is 1. The van der Waals surface area contributed by atoms with Gasteiger partial charge in [0.05, 0.1) is 4.83 Å². The van der Waals surface area contributed by atoms with E-state index in [0.717, 1.165) is 10.5 Å². The maximum atomic E-state index is 11.9. The van der Waals surface area contributed by atoms with E-state index < -0.39 is 0 Å². The standard InChI is InChI=1S/C11H13BrOS2/c1-7(12)11(13)9-5-4-8(14-2)6-10(9)15-3/h4-7H,1-3H3. The third-order valence-electron chi connectivity index (χ3n) is 2.04. The van der Waals surface area contributed by atoms with Crippen LogP contribution in [0.3, 0.4) is 0 Å². The second-order valence-corrected chi connectivity index (χ2v) is 6.15. The van der Waals surface area contributed by atoms with Crippen LogP contribution in [0.2, 0.25) is 0 Å². The first-order valence-electron chi connectivity index (χ1n) is 4.50. The van der Waals surface area contributed by atoms with Crippen molar-refractivity contribution in [3.8, 4) is 0 Å². The Hall–Kier alpha value is 0.0700. The fraction of sp³-hybridized carbons (Fsp3) is 0.364. The van der Waals surface area contributed by atoms with Gasteiger partial charge in [-0.3, -0.25) is 4.79 Å². The zero-order chi connectivity index (χ0) is 11.4. The Morgan fingerprint density at radius 2 is 2.00 bits per heavy atom. The highest BCUT2D eigenvalue weighted by Crippen LogP contribution is 2.27. The maximum Gasteiger partial charge on any atom is 0.177 e. The van der Waals surface area contributed by atoms with E-state index in [4.69, 9.17) is 0 Å². The third kappa shape index (κ3) is 3.26. The fourth-order valence-corrected chi connectivity index (χ4v) is 2.61. The SMILES string of the molecule is CSc1ccc(C(=O)C(C)Br)c(SC)c1. The molecule has 1 unspecified atom stereocenters. The molecule has 0 spiro atoms. The largest absolute Gasteiger partial charge is 0.293 e. The minimum absolute atomic E-state index is 0.122. The average molecular weight is 305 g/mol. The minimum Gasteiger partial charge on any atom is -0.293 e. The second kappa shape index (κ2) is 5.97. The van der Waals surface area contributed by atoms with Gasteiger partial charge < -0.3 is 0 Å². The number of hydrogen-bond acceptors (Lipinski definition) is 3. The summed E-state index contributed by atoms with van der Waals surface area (Å²) < 4.78 is 0. The maximum absolute atomic E-state index is 11.9. The van der Waals surface area contributed by atoms with Crippen LogP contribution in [-0.4, -0.2) is 23.1 Å². The molecule has 1 nitrogen and oxygen atoms in total. The molecule has 0 heterocycles. The zero-order valence-corrected chi connectivity index (χ0v) is 12.1. The molecule has 15 heavy (non-hydrogen) atoms. The van der Waals surface area contributed by atoms with Gasteiger partial charge in [0.1, 0.15) is 0 Å². The van der Waals surface area contributed by atoms with E-state index in [9.17, 15) is 4.79 Å². The Morgan fingerprint density at radius 1 is 1.33 bits per heavy atom. The molecule has 0 aliphatic rings. The number of thioether (sulfide) groups is 2. The predicted octanol–water partition coefficient (Wildman–Crippen LogP) is 4.10. The summed E-state index contributed by atoms with van der Waals surface area (Å²) in [6.45, 7) is 1.86. The monoisotopic (exact) mass is 304 g/mol. The van der Waals surface area contributed by atoms with Crippen molar-refractivity contribution in [1.82, 2.24) is 0 Å². The molecule has 0 saturated carbocycles. The highest BCUT2D eigenvalue weighted by Gasteiger charge is 2.15. The van der Waals surface area contributed by atoms with Crippen LogP contribution in [0.5, 0.6) is 0 Å². The third-order valence-corrected chi connectivity index (χ3v) is 3.95. The summed E-state index contributed by atoms with van der Waals surface area (Å²) >= 11 is 6.62. The normalized spacial score (nSPS) is 12.5. The van der Waals surface area contributed by atoms with Crippen molar-refractivity contribution in [3.63, 3.8) is 0 Å². The molecule has 0 aromatic heterocycles. The van der Waals surface area contributed by atoms with E-state index in [1.165, 1.54) is 4.90 Å². The van der Waals surface area contributed by atoms with E-state index in [1.54, 1.807) is 23.5 Å². The molecule has 0 amide bonds. The van der Waals surface area contributed by atoms with Crippen LogP contribution in [0, 0.1) is 0 Å². The molecule has 1 rings (SSSR count). The number of rotatable bonds is 4. The molecule has 0 radical (unpaired) electrons. The van der Waals surface area contributed by atoms with Crippen molar-refractivity contribution >= 4 is 45.2 Å². The van der Waals surface area contributed by atoms with Crippen LogP contribution >= 0.6 is 39.5 Å². The van der Waals surface area contributed by atoms with Crippen LogP contribution < -0.4 is 0 Å². The molecule has 4 heteroatoms. The van der Waals surface area contributed by atoms with Crippen LogP contribution in [-0.2, 0) is 0 Å². The average Bonchev–Trinajstić information content (AvgIpc) is 2.27. The lowest BCUT2D eigenvalue weighted by molar-refractivity contribution is 0.0993. The van der Waals surface area contributed by atoms with E-state index in [-0.39, 0.29) is 10.6 Å². The van der Waals surface area contributed by atoms with E-state index in [0.29, 0.717) is 0 Å². The number of ketones is 1. The Bertz CT molecular complexity index is 364. The molecule has 0 bridgehead atoms. The molecular weight excluding hydrogens is 292 g/mol. The summed E-state index contributed by atoms with van der Waals surface area (Å²) in [5.74, 6) is 0.145. The summed E-state index contributed by atoms with van der Waals surface area (Å²) in [7, 11) is 0. The quantitative estimate of drug-likeness (QED) is 0.474. The first-order valence-corrected chi connectivity index (χ1v) is 7.87. The van der Waals surface area contributed by atoms with Gasteiger partial charge in [-0.05, 0) is 37.6 Å². The van der Waals surface area contributed by atoms with Crippen molar-refractivity contribution in [2.24, 2.45) is 0 Å². The summed E-state index contributed by atoms with van der Waals surface area (Å²) in [6, 6.07) is 5.97. The number of benzene rings is 1. The van der Waals surface area contributed by atoms with E-state index >= 15 is 0 Å². The summed E-state index contributed by atoms with van der Waals surface area (Å²) in [4.78, 5) is 14.0. The van der Waals surface area contributed by atoms with Gasteiger partial charge in [0, 0.05) is 15.4 Å². The highest BCUT2D eigenvalue weighted by atomic mass is 79.9. The number of Topliss-reactive ketones (excluding diaryl/α,β-unsaturated/α-hetero) is 1. The fourth-order valence-electron chi connectivity index (χ4n) is 1.22.